The van der Waals surface area contributed by atoms with E-state index in [9.17, 15) is 14.4 Å². The molecule has 1 heterocycles. The van der Waals surface area contributed by atoms with Crippen LogP contribution in [0.4, 0.5) is 5.00 Å². The Morgan fingerprint density at radius 2 is 1.89 bits per heavy atom. The molecule has 1 N–H and O–H groups in total. The maximum Gasteiger partial charge on any atom is 0.341 e. The van der Waals surface area contributed by atoms with Crippen molar-refractivity contribution in [2.45, 2.75) is 59.8 Å². The Morgan fingerprint density at radius 3 is 2.52 bits per heavy atom. The van der Waals surface area contributed by atoms with Crippen LogP contribution in [0.1, 0.15) is 67.8 Å². The third-order valence-electron chi connectivity index (χ3n) is 4.91. The van der Waals surface area contributed by atoms with E-state index in [0.29, 0.717) is 29.3 Å². The van der Waals surface area contributed by atoms with Gasteiger partial charge in [-0.05, 0) is 50.5 Å². The van der Waals surface area contributed by atoms with E-state index in [1.165, 1.54) is 11.3 Å². The average molecular weight is 396 g/mol. The summed E-state index contributed by atoms with van der Waals surface area (Å²) in [4.78, 5) is 37.8. The van der Waals surface area contributed by atoms with Crippen molar-refractivity contribution in [1.29, 1.82) is 0 Å². The summed E-state index contributed by atoms with van der Waals surface area (Å²) in [7, 11) is 0. The molecule has 27 heavy (non-hydrogen) atoms. The molecule has 2 rings (SSSR count). The summed E-state index contributed by atoms with van der Waals surface area (Å²) in [5.74, 6) is -0.848. The largest absolute Gasteiger partial charge is 0.462 e. The number of hydrogen-bond acceptors (Lipinski definition) is 6. The van der Waals surface area contributed by atoms with Crippen molar-refractivity contribution in [2.24, 2.45) is 11.8 Å². The number of carbonyl (C=O) groups is 3. The van der Waals surface area contributed by atoms with Crippen LogP contribution < -0.4 is 5.32 Å². The molecule has 7 heteroatoms. The fourth-order valence-electron chi connectivity index (χ4n) is 3.30. The van der Waals surface area contributed by atoms with Gasteiger partial charge in [0.25, 0.3) is 5.91 Å². The van der Waals surface area contributed by atoms with Crippen LogP contribution >= 0.6 is 11.3 Å². The second-order valence-corrected chi connectivity index (χ2v) is 8.05. The third kappa shape index (κ3) is 5.31. The molecule has 1 amide bonds. The predicted octanol–water partition coefficient (Wildman–Crippen LogP) is 3.97. The zero-order valence-electron chi connectivity index (χ0n) is 16.6. The Kier molecular flexibility index (Phi) is 7.83. The Morgan fingerprint density at radius 1 is 1.19 bits per heavy atom. The third-order valence-corrected chi connectivity index (χ3v) is 6.08. The van der Waals surface area contributed by atoms with E-state index < -0.39 is 11.9 Å². The van der Waals surface area contributed by atoms with Crippen molar-refractivity contribution in [2.75, 3.05) is 18.5 Å². The second kappa shape index (κ2) is 9.88. The van der Waals surface area contributed by atoms with Crippen molar-refractivity contribution in [1.82, 2.24) is 0 Å². The van der Waals surface area contributed by atoms with Gasteiger partial charge in [0, 0.05) is 4.88 Å². The van der Waals surface area contributed by atoms with E-state index in [1.807, 2.05) is 13.8 Å². The number of thiophene rings is 1. The SMILES string of the molecule is CCOC(=O)c1c(NC(=O)COC(=O)C(CC)CC)sc2c1CC[C@H](C)C2. The quantitative estimate of drug-likeness (QED) is 0.674. The lowest BCUT2D eigenvalue weighted by atomic mass is 9.88. The van der Waals surface area contributed by atoms with E-state index in [0.717, 1.165) is 29.7 Å². The van der Waals surface area contributed by atoms with Gasteiger partial charge in [-0.25, -0.2) is 4.79 Å². The van der Waals surface area contributed by atoms with E-state index in [4.69, 9.17) is 9.47 Å². The highest BCUT2D eigenvalue weighted by Crippen LogP contribution is 2.40. The number of anilines is 1. The number of rotatable bonds is 8. The van der Waals surface area contributed by atoms with Crippen molar-refractivity contribution in [3.63, 3.8) is 0 Å². The topological polar surface area (TPSA) is 81.7 Å². The molecule has 0 saturated heterocycles. The van der Waals surface area contributed by atoms with Gasteiger partial charge < -0.3 is 14.8 Å². The number of amides is 1. The monoisotopic (exact) mass is 395 g/mol. The molecule has 1 atom stereocenters. The molecule has 1 aromatic heterocycles. The highest BCUT2D eigenvalue weighted by Gasteiger charge is 2.29. The van der Waals surface area contributed by atoms with Gasteiger partial charge in [0.15, 0.2) is 6.61 Å². The molecule has 150 valence electrons. The number of ether oxygens (including phenoxy) is 2. The lowest BCUT2D eigenvalue weighted by Gasteiger charge is -2.18. The normalized spacial score (nSPS) is 16.0. The maximum absolute atomic E-state index is 12.4. The van der Waals surface area contributed by atoms with Gasteiger partial charge in [-0.2, -0.15) is 0 Å². The van der Waals surface area contributed by atoms with Gasteiger partial charge in [0.1, 0.15) is 5.00 Å². The molecule has 0 bridgehead atoms. The molecule has 0 radical (unpaired) electrons. The predicted molar refractivity (Wildman–Crippen MR) is 105 cm³/mol. The molecule has 0 saturated carbocycles. The summed E-state index contributed by atoms with van der Waals surface area (Å²) < 4.78 is 10.3. The molecule has 0 unspecified atom stereocenters. The Hall–Kier alpha value is -1.89. The van der Waals surface area contributed by atoms with Gasteiger partial charge in [0.05, 0.1) is 18.1 Å². The van der Waals surface area contributed by atoms with E-state index in [2.05, 4.69) is 12.2 Å². The van der Waals surface area contributed by atoms with Crippen LogP contribution in [0.5, 0.6) is 0 Å². The molecule has 0 spiro atoms. The minimum atomic E-state index is -0.438. The van der Waals surface area contributed by atoms with Crippen LogP contribution in [0, 0.1) is 11.8 Å². The Bertz CT molecular complexity index is 693. The van der Waals surface area contributed by atoms with Gasteiger partial charge in [-0.3, -0.25) is 9.59 Å². The fraction of sp³-hybridized carbons (Fsp3) is 0.650. The zero-order chi connectivity index (χ0) is 20.0. The zero-order valence-corrected chi connectivity index (χ0v) is 17.4. The standard InChI is InChI=1S/C20H29NO5S/c1-5-13(6-2)19(23)26-11-16(22)21-18-17(20(24)25-7-3)14-9-8-12(4)10-15(14)27-18/h12-13H,5-11H2,1-4H3,(H,21,22)/t12-/m0/s1. The molecule has 0 aromatic carbocycles. The van der Waals surface area contributed by atoms with Crippen molar-refractivity contribution < 1.29 is 23.9 Å². The van der Waals surface area contributed by atoms with Crippen molar-refractivity contribution in [3.05, 3.63) is 16.0 Å². The minimum absolute atomic E-state index is 0.191. The maximum atomic E-state index is 12.4. The van der Waals surface area contributed by atoms with Crippen LogP contribution in [-0.2, 0) is 31.9 Å². The first-order chi connectivity index (χ1) is 12.9. The second-order valence-electron chi connectivity index (χ2n) is 6.95. The molecule has 6 nitrogen and oxygen atoms in total. The van der Waals surface area contributed by atoms with Crippen molar-refractivity contribution >= 4 is 34.2 Å². The number of nitrogens with one attached hydrogen (secondary N) is 1. The first-order valence-corrected chi connectivity index (χ1v) is 10.5. The van der Waals surface area contributed by atoms with Gasteiger partial charge in [-0.15, -0.1) is 11.3 Å². The molecule has 1 aliphatic rings. The number of carbonyl (C=O) groups excluding carboxylic acids is 3. The highest BCUT2D eigenvalue weighted by atomic mass is 32.1. The number of hydrogen-bond donors (Lipinski definition) is 1. The summed E-state index contributed by atoms with van der Waals surface area (Å²) in [5, 5.41) is 3.25. The number of esters is 2. The van der Waals surface area contributed by atoms with Crippen LogP contribution in [0.15, 0.2) is 0 Å². The van der Waals surface area contributed by atoms with E-state index in [-0.39, 0.29) is 25.1 Å². The molecular weight excluding hydrogens is 366 g/mol. The smallest absolute Gasteiger partial charge is 0.341 e. The molecule has 0 fully saturated rings. The summed E-state index contributed by atoms with van der Waals surface area (Å²) in [6, 6.07) is 0. The average Bonchev–Trinajstić information content (AvgIpc) is 2.98. The molecular formula is C20H29NO5S. The fourth-order valence-corrected chi connectivity index (χ4v) is 4.71. The summed E-state index contributed by atoms with van der Waals surface area (Å²) in [5.41, 5.74) is 1.45. The van der Waals surface area contributed by atoms with E-state index >= 15 is 0 Å². The van der Waals surface area contributed by atoms with Crippen LogP contribution in [0.25, 0.3) is 0 Å². The van der Waals surface area contributed by atoms with Crippen LogP contribution in [-0.4, -0.2) is 31.1 Å². The molecule has 1 aromatic rings. The first kappa shape index (κ1) is 21.4. The molecule has 1 aliphatic carbocycles. The lowest BCUT2D eigenvalue weighted by Crippen LogP contribution is -2.25. The summed E-state index contributed by atoms with van der Waals surface area (Å²) >= 11 is 1.42. The van der Waals surface area contributed by atoms with Crippen molar-refractivity contribution in [3.8, 4) is 0 Å². The van der Waals surface area contributed by atoms with Crippen LogP contribution in [0.3, 0.4) is 0 Å². The van der Waals surface area contributed by atoms with Crippen LogP contribution in [0.2, 0.25) is 0 Å². The first-order valence-electron chi connectivity index (χ1n) is 9.69. The highest BCUT2D eigenvalue weighted by molar-refractivity contribution is 7.17. The van der Waals surface area contributed by atoms with Gasteiger partial charge in [0.2, 0.25) is 0 Å². The Balaban J connectivity index is 2.11. The summed E-state index contributed by atoms with van der Waals surface area (Å²) in [6.07, 6.45) is 4.07. The summed E-state index contributed by atoms with van der Waals surface area (Å²) in [6.45, 7) is 7.70. The Labute approximate surface area is 164 Å². The number of fused-ring (bicyclic) bond motifs is 1. The molecule has 0 aliphatic heterocycles. The van der Waals surface area contributed by atoms with Gasteiger partial charge >= 0.3 is 11.9 Å². The lowest BCUT2D eigenvalue weighted by molar-refractivity contribution is -0.151. The van der Waals surface area contributed by atoms with E-state index in [1.54, 1.807) is 6.92 Å². The minimum Gasteiger partial charge on any atom is -0.462 e. The van der Waals surface area contributed by atoms with Gasteiger partial charge in [-0.1, -0.05) is 20.8 Å².